The Labute approximate surface area is 137 Å². The molecule has 126 valence electrons. The second-order valence-corrected chi connectivity index (χ2v) is 6.58. The monoisotopic (exact) mass is 320 g/mol. The molecule has 2 aliphatic rings. The van der Waals surface area contributed by atoms with E-state index in [1.165, 1.54) is 12.1 Å². The van der Waals surface area contributed by atoms with Gasteiger partial charge in [-0.05, 0) is 37.0 Å². The number of hydrogen-bond acceptors (Lipinski definition) is 3. The zero-order valence-electron chi connectivity index (χ0n) is 13.7. The maximum atomic E-state index is 13.1. The van der Waals surface area contributed by atoms with Gasteiger partial charge in [-0.25, -0.2) is 4.39 Å². The number of nitrogens with one attached hydrogen (secondary N) is 1. The summed E-state index contributed by atoms with van der Waals surface area (Å²) in [6, 6.07) is 6.51. The zero-order chi connectivity index (χ0) is 16.3. The van der Waals surface area contributed by atoms with Crippen LogP contribution in [0, 0.1) is 5.82 Å². The first-order valence-electron chi connectivity index (χ1n) is 8.51. The average molecular weight is 320 g/mol. The number of morpholine rings is 1. The van der Waals surface area contributed by atoms with Gasteiger partial charge in [-0.15, -0.1) is 0 Å². The van der Waals surface area contributed by atoms with Crippen LogP contribution in [0.5, 0.6) is 0 Å². The van der Waals surface area contributed by atoms with Crippen molar-refractivity contribution in [2.45, 2.75) is 37.6 Å². The minimum Gasteiger partial charge on any atom is -0.379 e. The van der Waals surface area contributed by atoms with Gasteiger partial charge in [0.2, 0.25) is 5.91 Å². The van der Waals surface area contributed by atoms with E-state index in [9.17, 15) is 9.18 Å². The maximum absolute atomic E-state index is 13.1. The summed E-state index contributed by atoms with van der Waals surface area (Å²) in [4.78, 5) is 15.1. The van der Waals surface area contributed by atoms with E-state index in [1.54, 1.807) is 12.1 Å². The predicted octanol–water partition coefficient (Wildman–Crippen LogP) is 2.08. The van der Waals surface area contributed by atoms with Crippen molar-refractivity contribution in [1.82, 2.24) is 10.2 Å². The van der Waals surface area contributed by atoms with E-state index in [-0.39, 0.29) is 17.8 Å². The number of ether oxygens (including phenoxy) is 1. The van der Waals surface area contributed by atoms with Crippen LogP contribution in [-0.4, -0.2) is 49.7 Å². The normalized spacial score (nSPS) is 21.7. The van der Waals surface area contributed by atoms with Crippen LogP contribution >= 0.6 is 0 Å². The molecule has 0 bridgehead atoms. The van der Waals surface area contributed by atoms with Crippen molar-refractivity contribution in [3.05, 3.63) is 35.6 Å². The number of carbonyl (C=O) groups excluding carboxylic acids is 1. The van der Waals surface area contributed by atoms with Crippen molar-refractivity contribution in [3.8, 4) is 0 Å². The third kappa shape index (κ3) is 3.72. The Morgan fingerprint density at radius 3 is 2.52 bits per heavy atom. The van der Waals surface area contributed by atoms with Gasteiger partial charge in [0.1, 0.15) is 5.82 Å². The molecule has 5 heteroatoms. The molecule has 23 heavy (non-hydrogen) atoms. The van der Waals surface area contributed by atoms with Gasteiger partial charge < -0.3 is 10.1 Å². The van der Waals surface area contributed by atoms with Crippen molar-refractivity contribution in [1.29, 1.82) is 0 Å². The van der Waals surface area contributed by atoms with Gasteiger partial charge in [-0.2, -0.15) is 0 Å². The molecule has 1 saturated heterocycles. The lowest BCUT2D eigenvalue weighted by molar-refractivity contribution is -0.124. The van der Waals surface area contributed by atoms with Crippen LogP contribution in [0.4, 0.5) is 4.39 Å². The summed E-state index contributed by atoms with van der Waals surface area (Å²) >= 11 is 0. The highest BCUT2D eigenvalue weighted by molar-refractivity contribution is 5.91. The SMILES string of the molecule is CCC(CN1CCOCC1)NC(=O)C1(c2ccc(F)cc2)CC1. The molecule has 1 saturated carbocycles. The van der Waals surface area contributed by atoms with Gasteiger partial charge in [0.15, 0.2) is 0 Å². The highest BCUT2D eigenvalue weighted by atomic mass is 19.1. The van der Waals surface area contributed by atoms with E-state index in [0.717, 1.165) is 57.7 Å². The van der Waals surface area contributed by atoms with Crippen LogP contribution in [-0.2, 0) is 14.9 Å². The molecule has 2 fully saturated rings. The van der Waals surface area contributed by atoms with Crippen LogP contribution in [0.3, 0.4) is 0 Å². The van der Waals surface area contributed by atoms with E-state index >= 15 is 0 Å². The van der Waals surface area contributed by atoms with E-state index in [1.807, 2.05) is 0 Å². The summed E-state index contributed by atoms with van der Waals surface area (Å²) < 4.78 is 18.5. The number of carbonyl (C=O) groups is 1. The fourth-order valence-electron chi connectivity index (χ4n) is 3.24. The summed E-state index contributed by atoms with van der Waals surface area (Å²) in [5.74, 6) is -0.173. The van der Waals surface area contributed by atoms with Crippen molar-refractivity contribution >= 4 is 5.91 Å². The number of rotatable bonds is 6. The second kappa shape index (κ2) is 6.97. The maximum Gasteiger partial charge on any atom is 0.230 e. The molecule has 1 aliphatic carbocycles. The molecular formula is C18H25FN2O2. The predicted molar refractivity (Wildman–Crippen MR) is 86.8 cm³/mol. The molecule has 1 aromatic carbocycles. The molecule has 3 rings (SSSR count). The van der Waals surface area contributed by atoms with Gasteiger partial charge in [0, 0.05) is 25.7 Å². The topological polar surface area (TPSA) is 41.6 Å². The molecule has 1 unspecified atom stereocenters. The van der Waals surface area contributed by atoms with Crippen molar-refractivity contribution in [2.75, 3.05) is 32.8 Å². The lowest BCUT2D eigenvalue weighted by Crippen LogP contribution is -2.49. The molecule has 1 aliphatic heterocycles. The highest BCUT2D eigenvalue weighted by Crippen LogP contribution is 2.48. The summed E-state index contributed by atoms with van der Waals surface area (Å²) in [6.45, 7) is 6.35. The first-order valence-corrected chi connectivity index (χ1v) is 8.51. The third-order valence-electron chi connectivity index (χ3n) is 4.99. The van der Waals surface area contributed by atoms with Crippen LogP contribution in [0.25, 0.3) is 0 Å². The average Bonchev–Trinajstić information content (AvgIpc) is 3.37. The second-order valence-electron chi connectivity index (χ2n) is 6.58. The molecule has 1 amide bonds. The van der Waals surface area contributed by atoms with Crippen LogP contribution < -0.4 is 5.32 Å². The Morgan fingerprint density at radius 1 is 1.30 bits per heavy atom. The molecule has 0 aromatic heterocycles. The summed E-state index contributed by atoms with van der Waals surface area (Å²) in [6.07, 6.45) is 2.60. The highest BCUT2D eigenvalue weighted by Gasteiger charge is 2.51. The standard InChI is InChI=1S/C18H25FN2O2/c1-2-16(13-21-9-11-23-12-10-21)20-17(22)18(7-8-18)14-3-5-15(19)6-4-14/h3-6,16H,2,7-13H2,1H3,(H,20,22). The minimum absolute atomic E-state index is 0.0872. The van der Waals surface area contributed by atoms with Gasteiger partial charge in [-0.3, -0.25) is 9.69 Å². The molecular weight excluding hydrogens is 295 g/mol. The molecule has 1 aromatic rings. The lowest BCUT2D eigenvalue weighted by Gasteiger charge is -2.31. The fourth-order valence-corrected chi connectivity index (χ4v) is 3.24. The van der Waals surface area contributed by atoms with Crippen molar-refractivity contribution in [2.24, 2.45) is 0 Å². The molecule has 1 atom stereocenters. The van der Waals surface area contributed by atoms with Gasteiger partial charge in [-0.1, -0.05) is 19.1 Å². The summed E-state index contributed by atoms with van der Waals surface area (Å²) in [5, 5.41) is 3.21. The van der Waals surface area contributed by atoms with E-state index < -0.39 is 5.41 Å². The van der Waals surface area contributed by atoms with E-state index in [2.05, 4.69) is 17.1 Å². The van der Waals surface area contributed by atoms with Gasteiger partial charge >= 0.3 is 0 Å². The van der Waals surface area contributed by atoms with Gasteiger partial charge in [0.05, 0.1) is 18.6 Å². The third-order valence-corrected chi connectivity index (χ3v) is 4.99. The Kier molecular flexibility index (Phi) is 4.97. The van der Waals surface area contributed by atoms with Crippen molar-refractivity contribution < 1.29 is 13.9 Å². The van der Waals surface area contributed by atoms with Crippen LogP contribution in [0.2, 0.25) is 0 Å². The number of benzene rings is 1. The van der Waals surface area contributed by atoms with Crippen molar-refractivity contribution in [3.63, 3.8) is 0 Å². The number of hydrogen-bond donors (Lipinski definition) is 1. The Hall–Kier alpha value is -1.46. The Bertz CT molecular complexity index is 536. The van der Waals surface area contributed by atoms with E-state index in [0.29, 0.717) is 0 Å². The number of amides is 1. The van der Waals surface area contributed by atoms with Crippen LogP contribution in [0.15, 0.2) is 24.3 Å². The summed E-state index contributed by atoms with van der Waals surface area (Å²) in [7, 11) is 0. The largest absolute Gasteiger partial charge is 0.379 e. The fraction of sp³-hybridized carbons (Fsp3) is 0.611. The Balaban J connectivity index is 1.61. The zero-order valence-corrected chi connectivity index (χ0v) is 13.7. The summed E-state index contributed by atoms with van der Waals surface area (Å²) in [5.41, 5.74) is 0.490. The molecule has 1 N–H and O–H groups in total. The van der Waals surface area contributed by atoms with Crippen LogP contribution in [0.1, 0.15) is 31.7 Å². The molecule has 1 heterocycles. The number of halogens is 1. The Morgan fingerprint density at radius 2 is 1.96 bits per heavy atom. The first kappa shape index (κ1) is 16.4. The smallest absolute Gasteiger partial charge is 0.230 e. The minimum atomic E-state index is -0.438. The van der Waals surface area contributed by atoms with E-state index in [4.69, 9.17) is 4.74 Å². The lowest BCUT2D eigenvalue weighted by atomic mass is 9.94. The quantitative estimate of drug-likeness (QED) is 0.872. The molecule has 4 nitrogen and oxygen atoms in total. The number of nitrogens with zero attached hydrogens (tertiary/aromatic N) is 1. The van der Waals surface area contributed by atoms with Gasteiger partial charge in [0.25, 0.3) is 0 Å². The molecule has 0 radical (unpaired) electrons. The molecule has 0 spiro atoms. The first-order chi connectivity index (χ1) is 11.1.